The lowest BCUT2D eigenvalue weighted by atomic mass is 9.97. The summed E-state index contributed by atoms with van der Waals surface area (Å²) in [5, 5.41) is 27.7. The van der Waals surface area contributed by atoms with Crippen LogP contribution in [0, 0.1) is 18.3 Å². The number of fused-ring (bicyclic) bond motifs is 1. The standard InChI is InChI=1S/C24H17N5O2/c1-13-21-22(20-11-10-19(31-20)14-2-6-16(26)7-3-14)18(12-25)23(27-24(21)29-28-13)15-4-8-17(30)9-5-15/h2-11,30H,26H2,1H3,(H,27,28,29). The molecule has 0 aliphatic heterocycles. The van der Waals surface area contributed by atoms with Crippen LogP contribution in [0.1, 0.15) is 11.3 Å². The molecule has 0 atom stereocenters. The highest BCUT2D eigenvalue weighted by Gasteiger charge is 2.23. The maximum Gasteiger partial charge on any atom is 0.182 e. The molecule has 0 amide bonds. The number of pyridine rings is 1. The Bertz CT molecular complexity index is 1460. The average Bonchev–Trinajstić information content (AvgIpc) is 3.41. The fraction of sp³-hybridized carbons (Fsp3) is 0.0417. The molecule has 0 radical (unpaired) electrons. The zero-order valence-corrected chi connectivity index (χ0v) is 16.5. The van der Waals surface area contributed by atoms with Crippen molar-refractivity contribution in [3.8, 4) is 45.7 Å². The number of H-pyrrole nitrogens is 1. The van der Waals surface area contributed by atoms with Gasteiger partial charge in [0.05, 0.1) is 22.2 Å². The van der Waals surface area contributed by atoms with Crippen molar-refractivity contribution in [3.63, 3.8) is 0 Å². The lowest BCUT2D eigenvalue weighted by Crippen LogP contribution is -1.95. The van der Waals surface area contributed by atoms with Crippen molar-refractivity contribution < 1.29 is 9.52 Å². The van der Waals surface area contributed by atoms with E-state index in [0.717, 1.165) is 16.6 Å². The molecule has 31 heavy (non-hydrogen) atoms. The summed E-state index contributed by atoms with van der Waals surface area (Å²) >= 11 is 0. The molecule has 7 heteroatoms. The second-order valence-corrected chi connectivity index (χ2v) is 7.20. The Balaban J connectivity index is 1.76. The van der Waals surface area contributed by atoms with Crippen LogP contribution in [0.3, 0.4) is 0 Å². The Morgan fingerprint density at radius 2 is 1.65 bits per heavy atom. The Morgan fingerprint density at radius 3 is 2.35 bits per heavy atom. The number of rotatable bonds is 3. The van der Waals surface area contributed by atoms with Crippen LogP contribution in [0.2, 0.25) is 0 Å². The number of nitrogens with one attached hydrogen (secondary N) is 1. The van der Waals surface area contributed by atoms with Crippen molar-refractivity contribution in [3.05, 3.63) is 71.9 Å². The van der Waals surface area contributed by atoms with Crippen molar-refractivity contribution in [2.75, 3.05) is 5.73 Å². The van der Waals surface area contributed by atoms with Crippen LogP contribution >= 0.6 is 0 Å². The number of aromatic amines is 1. The second kappa shape index (κ2) is 7.04. The Morgan fingerprint density at radius 1 is 0.968 bits per heavy atom. The van der Waals surface area contributed by atoms with Crippen LogP contribution in [-0.4, -0.2) is 20.3 Å². The fourth-order valence-electron chi connectivity index (χ4n) is 3.66. The minimum absolute atomic E-state index is 0.137. The Labute approximate surface area is 177 Å². The highest BCUT2D eigenvalue weighted by Crippen LogP contribution is 2.39. The molecule has 0 saturated heterocycles. The van der Waals surface area contributed by atoms with E-state index < -0.39 is 0 Å². The Hall–Kier alpha value is -4.57. The summed E-state index contributed by atoms with van der Waals surface area (Å²) in [6.07, 6.45) is 0. The summed E-state index contributed by atoms with van der Waals surface area (Å²) in [5.41, 5.74) is 10.8. The molecule has 0 bridgehead atoms. The number of aromatic hydroxyl groups is 1. The first-order chi connectivity index (χ1) is 15.0. The molecule has 0 fully saturated rings. The number of hydrogen-bond acceptors (Lipinski definition) is 6. The van der Waals surface area contributed by atoms with E-state index >= 15 is 0 Å². The van der Waals surface area contributed by atoms with Gasteiger partial charge in [-0.1, -0.05) is 0 Å². The highest BCUT2D eigenvalue weighted by molar-refractivity contribution is 5.99. The molecule has 2 aromatic carbocycles. The SMILES string of the molecule is Cc1[nH]nc2nc(-c3ccc(O)cc3)c(C#N)c(-c3ccc(-c4ccc(N)cc4)o3)c12. The quantitative estimate of drug-likeness (QED) is 0.361. The lowest BCUT2D eigenvalue weighted by molar-refractivity contribution is 0.475. The van der Waals surface area contributed by atoms with E-state index in [2.05, 4.69) is 21.3 Å². The number of hydrogen-bond donors (Lipinski definition) is 3. The smallest absolute Gasteiger partial charge is 0.182 e. The van der Waals surface area contributed by atoms with Gasteiger partial charge in [0.2, 0.25) is 0 Å². The molecule has 3 aromatic heterocycles. The summed E-state index contributed by atoms with van der Waals surface area (Å²) in [6.45, 7) is 1.88. The number of aromatic nitrogens is 3. The lowest BCUT2D eigenvalue weighted by Gasteiger charge is -2.10. The van der Waals surface area contributed by atoms with Gasteiger partial charge in [0, 0.05) is 22.5 Å². The van der Waals surface area contributed by atoms with E-state index in [-0.39, 0.29) is 5.75 Å². The van der Waals surface area contributed by atoms with Gasteiger partial charge in [-0.25, -0.2) is 4.98 Å². The predicted molar refractivity (Wildman–Crippen MR) is 118 cm³/mol. The molecule has 3 heterocycles. The van der Waals surface area contributed by atoms with Crippen LogP contribution in [0.25, 0.3) is 44.9 Å². The number of nitriles is 1. The summed E-state index contributed by atoms with van der Waals surface area (Å²) in [4.78, 5) is 4.63. The monoisotopic (exact) mass is 407 g/mol. The van der Waals surface area contributed by atoms with E-state index in [1.165, 1.54) is 0 Å². The van der Waals surface area contributed by atoms with Crippen LogP contribution in [-0.2, 0) is 0 Å². The molecule has 0 spiro atoms. The molecule has 4 N–H and O–H groups in total. The minimum atomic E-state index is 0.137. The largest absolute Gasteiger partial charge is 0.508 e. The van der Waals surface area contributed by atoms with Crippen LogP contribution in [0.4, 0.5) is 5.69 Å². The van der Waals surface area contributed by atoms with E-state index in [1.54, 1.807) is 24.3 Å². The number of nitrogens with zero attached hydrogens (tertiary/aromatic N) is 3. The van der Waals surface area contributed by atoms with Crippen molar-refractivity contribution >= 4 is 16.7 Å². The summed E-state index contributed by atoms with van der Waals surface area (Å²) in [7, 11) is 0. The number of furan rings is 1. The van der Waals surface area contributed by atoms with Crippen LogP contribution in [0.15, 0.2) is 65.1 Å². The topological polar surface area (TPSA) is 125 Å². The molecule has 0 aliphatic carbocycles. The minimum Gasteiger partial charge on any atom is -0.508 e. The van der Waals surface area contributed by atoms with Gasteiger partial charge in [0.1, 0.15) is 23.3 Å². The van der Waals surface area contributed by atoms with Gasteiger partial charge in [0.15, 0.2) is 5.65 Å². The molecular formula is C24H17N5O2. The number of aryl methyl sites for hydroxylation is 1. The van der Waals surface area contributed by atoms with E-state index in [1.807, 2.05) is 43.3 Å². The maximum absolute atomic E-state index is 10.1. The summed E-state index contributed by atoms with van der Waals surface area (Å²) in [6, 6.07) is 20.0. The van der Waals surface area contributed by atoms with Crippen molar-refractivity contribution in [1.82, 2.24) is 15.2 Å². The molecule has 0 saturated carbocycles. The van der Waals surface area contributed by atoms with Gasteiger partial charge in [-0.05, 0) is 67.6 Å². The van der Waals surface area contributed by atoms with Crippen molar-refractivity contribution in [2.24, 2.45) is 0 Å². The third-order valence-electron chi connectivity index (χ3n) is 5.18. The molecule has 5 aromatic rings. The first kappa shape index (κ1) is 18.5. The predicted octanol–water partition coefficient (Wildman–Crippen LogP) is 5.02. The first-order valence-electron chi connectivity index (χ1n) is 9.59. The number of benzene rings is 2. The number of nitrogen functional groups attached to an aromatic ring is 1. The number of phenols is 1. The van der Waals surface area contributed by atoms with Crippen molar-refractivity contribution in [2.45, 2.75) is 6.92 Å². The molecule has 0 aliphatic rings. The van der Waals surface area contributed by atoms with Gasteiger partial charge in [-0.3, -0.25) is 5.10 Å². The van der Waals surface area contributed by atoms with E-state index in [9.17, 15) is 10.4 Å². The second-order valence-electron chi connectivity index (χ2n) is 7.20. The van der Waals surface area contributed by atoms with Gasteiger partial charge in [-0.15, -0.1) is 0 Å². The summed E-state index contributed by atoms with van der Waals surface area (Å²) < 4.78 is 6.18. The van der Waals surface area contributed by atoms with Gasteiger partial charge < -0.3 is 15.3 Å². The maximum atomic E-state index is 10.1. The van der Waals surface area contributed by atoms with Gasteiger partial charge in [-0.2, -0.15) is 10.4 Å². The molecule has 150 valence electrons. The third-order valence-corrected chi connectivity index (χ3v) is 5.18. The Kier molecular flexibility index (Phi) is 4.19. The zero-order chi connectivity index (χ0) is 21.5. The van der Waals surface area contributed by atoms with E-state index in [4.69, 9.17) is 10.2 Å². The third kappa shape index (κ3) is 3.07. The van der Waals surface area contributed by atoms with Gasteiger partial charge in [0.25, 0.3) is 0 Å². The molecule has 5 rings (SSSR count). The molecule has 7 nitrogen and oxygen atoms in total. The van der Waals surface area contributed by atoms with Crippen LogP contribution < -0.4 is 5.73 Å². The van der Waals surface area contributed by atoms with Crippen molar-refractivity contribution in [1.29, 1.82) is 5.26 Å². The fourth-order valence-corrected chi connectivity index (χ4v) is 3.66. The number of phenolic OH excluding ortho intramolecular Hbond substituents is 1. The summed E-state index contributed by atoms with van der Waals surface area (Å²) in [5.74, 6) is 1.34. The van der Waals surface area contributed by atoms with Gasteiger partial charge >= 0.3 is 0 Å². The number of nitrogens with two attached hydrogens (primary N) is 1. The zero-order valence-electron chi connectivity index (χ0n) is 16.5. The highest BCUT2D eigenvalue weighted by atomic mass is 16.3. The van der Waals surface area contributed by atoms with E-state index in [0.29, 0.717) is 45.2 Å². The molecular weight excluding hydrogens is 390 g/mol. The first-order valence-corrected chi connectivity index (χ1v) is 9.59. The number of anilines is 1. The average molecular weight is 407 g/mol. The van der Waals surface area contributed by atoms with Crippen LogP contribution in [0.5, 0.6) is 5.75 Å². The normalized spacial score (nSPS) is 11.0. The molecule has 0 unspecified atom stereocenters.